The second-order valence-electron chi connectivity index (χ2n) is 4.78. The second-order valence-corrected chi connectivity index (χ2v) is 4.78. The number of aliphatic carboxylic acids is 1. The van der Waals surface area contributed by atoms with Gasteiger partial charge in [-0.15, -0.1) is 0 Å². The third-order valence-electron chi connectivity index (χ3n) is 3.52. The Morgan fingerprint density at radius 2 is 2.16 bits per heavy atom. The number of aromatic nitrogens is 2. The highest BCUT2D eigenvalue weighted by Gasteiger charge is 2.29. The van der Waals surface area contributed by atoms with Crippen LogP contribution in [0.2, 0.25) is 0 Å². The number of anilines is 1. The third-order valence-corrected chi connectivity index (χ3v) is 3.52. The van der Waals surface area contributed by atoms with E-state index in [0.29, 0.717) is 11.7 Å². The van der Waals surface area contributed by atoms with Gasteiger partial charge in [0.1, 0.15) is 12.1 Å². The number of nitrogens with one attached hydrogen (secondary N) is 1. The maximum Gasteiger partial charge on any atom is 0.308 e. The number of carboxylic acid groups (broad SMARTS) is 1. The van der Waals surface area contributed by atoms with Crippen molar-refractivity contribution in [3.05, 3.63) is 12.4 Å². The molecule has 0 saturated heterocycles. The van der Waals surface area contributed by atoms with Crippen molar-refractivity contribution >= 4 is 11.8 Å². The third kappa shape index (κ3) is 3.56. The SMILES string of the molecule is COc1cc(NC2CCCCCC2C(=O)O)ncn1. The number of rotatable bonds is 4. The predicted octanol–water partition coefficient (Wildman–Crippen LogP) is 1.93. The Morgan fingerprint density at radius 3 is 2.89 bits per heavy atom. The highest BCUT2D eigenvalue weighted by Crippen LogP contribution is 2.26. The molecule has 1 aromatic rings. The molecule has 0 amide bonds. The summed E-state index contributed by atoms with van der Waals surface area (Å²) in [7, 11) is 1.54. The molecule has 2 atom stereocenters. The average molecular weight is 265 g/mol. The van der Waals surface area contributed by atoms with Crippen LogP contribution >= 0.6 is 0 Å². The van der Waals surface area contributed by atoms with Gasteiger partial charge < -0.3 is 15.2 Å². The van der Waals surface area contributed by atoms with Crippen LogP contribution in [0.1, 0.15) is 32.1 Å². The van der Waals surface area contributed by atoms with Gasteiger partial charge in [-0.25, -0.2) is 9.97 Å². The highest BCUT2D eigenvalue weighted by atomic mass is 16.5. The van der Waals surface area contributed by atoms with E-state index >= 15 is 0 Å². The van der Waals surface area contributed by atoms with E-state index in [1.165, 1.54) is 13.4 Å². The van der Waals surface area contributed by atoms with Crippen LogP contribution in [0.3, 0.4) is 0 Å². The fraction of sp³-hybridized carbons (Fsp3) is 0.615. The summed E-state index contributed by atoms with van der Waals surface area (Å²) in [6.45, 7) is 0. The molecule has 0 aliphatic heterocycles. The van der Waals surface area contributed by atoms with Gasteiger partial charge in [0.25, 0.3) is 0 Å². The van der Waals surface area contributed by atoms with E-state index in [4.69, 9.17) is 4.74 Å². The molecule has 1 fully saturated rings. The van der Waals surface area contributed by atoms with Crippen molar-refractivity contribution in [3.63, 3.8) is 0 Å². The van der Waals surface area contributed by atoms with Crippen molar-refractivity contribution in [2.75, 3.05) is 12.4 Å². The summed E-state index contributed by atoms with van der Waals surface area (Å²) in [6.07, 6.45) is 6.09. The summed E-state index contributed by atoms with van der Waals surface area (Å²) < 4.78 is 5.04. The zero-order chi connectivity index (χ0) is 13.7. The fourth-order valence-electron chi connectivity index (χ4n) is 2.50. The molecule has 1 aliphatic carbocycles. The number of hydrogen-bond acceptors (Lipinski definition) is 5. The van der Waals surface area contributed by atoms with Gasteiger partial charge in [0.2, 0.25) is 5.88 Å². The molecule has 1 aromatic heterocycles. The van der Waals surface area contributed by atoms with Crippen molar-refractivity contribution < 1.29 is 14.6 Å². The average Bonchev–Trinajstić information content (AvgIpc) is 2.64. The lowest BCUT2D eigenvalue weighted by Crippen LogP contribution is -2.34. The Morgan fingerprint density at radius 1 is 1.37 bits per heavy atom. The number of methoxy groups -OCH3 is 1. The standard InChI is InChI=1S/C13H19N3O3/c1-19-12-7-11(14-8-15-12)16-10-6-4-2-3-5-9(10)13(17)18/h7-10H,2-6H2,1H3,(H,17,18)(H,14,15,16). The van der Waals surface area contributed by atoms with Gasteiger partial charge in [0, 0.05) is 12.1 Å². The smallest absolute Gasteiger partial charge is 0.308 e. The Balaban J connectivity index is 2.11. The summed E-state index contributed by atoms with van der Waals surface area (Å²) in [6, 6.07) is 1.60. The molecule has 19 heavy (non-hydrogen) atoms. The molecule has 1 heterocycles. The molecule has 2 N–H and O–H groups in total. The normalized spacial score (nSPS) is 23.4. The van der Waals surface area contributed by atoms with Crippen molar-refractivity contribution in [1.29, 1.82) is 0 Å². The van der Waals surface area contributed by atoms with E-state index in [9.17, 15) is 9.90 Å². The molecule has 6 nitrogen and oxygen atoms in total. The summed E-state index contributed by atoms with van der Waals surface area (Å²) in [5.74, 6) is -0.00752. The van der Waals surface area contributed by atoms with E-state index in [0.717, 1.165) is 32.1 Å². The molecule has 6 heteroatoms. The molecule has 2 unspecified atom stereocenters. The summed E-state index contributed by atoms with van der Waals surface area (Å²) in [4.78, 5) is 19.4. The second kappa shape index (κ2) is 6.36. The zero-order valence-electron chi connectivity index (χ0n) is 11.0. The molecule has 0 spiro atoms. The lowest BCUT2D eigenvalue weighted by atomic mass is 9.95. The van der Waals surface area contributed by atoms with Crippen molar-refractivity contribution in [2.45, 2.75) is 38.1 Å². The van der Waals surface area contributed by atoms with E-state index in [1.54, 1.807) is 6.07 Å². The van der Waals surface area contributed by atoms with Crippen LogP contribution in [0.15, 0.2) is 12.4 Å². The van der Waals surface area contributed by atoms with Crippen LogP contribution in [0.4, 0.5) is 5.82 Å². The topological polar surface area (TPSA) is 84.3 Å². The van der Waals surface area contributed by atoms with Crippen LogP contribution in [-0.2, 0) is 4.79 Å². The zero-order valence-corrected chi connectivity index (χ0v) is 11.0. The maximum atomic E-state index is 11.3. The first-order chi connectivity index (χ1) is 9.20. The van der Waals surface area contributed by atoms with Gasteiger partial charge in [0.15, 0.2) is 0 Å². The number of nitrogens with zero attached hydrogens (tertiary/aromatic N) is 2. The first-order valence-corrected chi connectivity index (χ1v) is 6.56. The Hall–Kier alpha value is -1.85. The lowest BCUT2D eigenvalue weighted by Gasteiger charge is -2.23. The Kier molecular flexibility index (Phi) is 4.54. The van der Waals surface area contributed by atoms with Crippen LogP contribution in [0.5, 0.6) is 5.88 Å². The minimum Gasteiger partial charge on any atom is -0.481 e. The van der Waals surface area contributed by atoms with Crippen molar-refractivity contribution in [3.8, 4) is 5.88 Å². The molecule has 1 aliphatic rings. The van der Waals surface area contributed by atoms with Crippen LogP contribution < -0.4 is 10.1 Å². The molecule has 0 radical (unpaired) electrons. The van der Waals surface area contributed by atoms with E-state index in [-0.39, 0.29) is 12.0 Å². The largest absolute Gasteiger partial charge is 0.481 e. The number of hydrogen-bond donors (Lipinski definition) is 2. The van der Waals surface area contributed by atoms with E-state index in [1.807, 2.05) is 0 Å². The number of carbonyl (C=O) groups is 1. The summed E-state index contributed by atoms with van der Waals surface area (Å²) >= 11 is 0. The maximum absolute atomic E-state index is 11.3. The predicted molar refractivity (Wildman–Crippen MR) is 70.2 cm³/mol. The van der Waals surface area contributed by atoms with Gasteiger partial charge in [0.05, 0.1) is 13.0 Å². The summed E-state index contributed by atoms with van der Waals surface area (Å²) in [5, 5.41) is 12.5. The molecule has 1 saturated carbocycles. The van der Waals surface area contributed by atoms with Crippen molar-refractivity contribution in [1.82, 2.24) is 9.97 Å². The van der Waals surface area contributed by atoms with Gasteiger partial charge in [-0.05, 0) is 12.8 Å². The minimum absolute atomic E-state index is 0.0837. The fourth-order valence-corrected chi connectivity index (χ4v) is 2.50. The van der Waals surface area contributed by atoms with E-state index < -0.39 is 5.97 Å². The van der Waals surface area contributed by atoms with Gasteiger partial charge in [-0.3, -0.25) is 4.79 Å². The molecule has 2 rings (SSSR count). The van der Waals surface area contributed by atoms with Gasteiger partial charge >= 0.3 is 5.97 Å². The first-order valence-electron chi connectivity index (χ1n) is 6.56. The van der Waals surface area contributed by atoms with Gasteiger partial charge in [-0.1, -0.05) is 19.3 Å². The summed E-state index contributed by atoms with van der Waals surface area (Å²) in [5.41, 5.74) is 0. The minimum atomic E-state index is -0.736. The number of ether oxygens (including phenoxy) is 1. The highest BCUT2D eigenvalue weighted by molar-refractivity contribution is 5.71. The monoisotopic (exact) mass is 265 g/mol. The Bertz CT molecular complexity index is 439. The van der Waals surface area contributed by atoms with Crippen LogP contribution in [0, 0.1) is 5.92 Å². The molecule has 104 valence electrons. The van der Waals surface area contributed by atoms with Crippen molar-refractivity contribution in [2.24, 2.45) is 5.92 Å². The van der Waals surface area contributed by atoms with E-state index in [2.05, 4.69) is 15.3 Å². The van der Waals surface area contributed by atoms with Crippen LogP contribution in [-0.4, -0.2) is 34.2 Å². The van der Waals surface area contributed by atoms with Crippen LogP contribution in [0.25, 0.3) is 0 Å². The molecular formula is C13H19N3O3. The Labute approximate surface area is 112 Å². The molecular weight excluding hydrogens is 246 g/mol. The lowest BCUT2D eigenvalue weighted by molar-refractivity contribution is -0.142. The first kappa shape index (κ1) is 13.6. The molecule has 0 aromatic carbocycles. The number of carboxylic acids is 1. The quantitative estimate of drug-likeness (QED) is 0.809. The van der Waals surface area contributed by atoms with Gasteiger partial charge in [-0.2, -0.15) is 0 Å². The molecule has 0 bridgehead atoms.